The van der Waals surface area contributed by atoms with Crippen molar-refractivity contribution in [2.45, 2.75) is 0 Å². The molecule has 0 saturated heterocycles. The van der Waals surface area contributed by atoms with Gasteiger partial charge >= 0.3 is 0 Å². The molecule has 0 spiro atoms. The fourth-order valence-corrected chi connectivity index (χ4v) is 0.690. The molecule has 0 bridgehead atoms. The molecule has 0 fully saturated rings. The van der Waals surface area contributed by atoms with Gasteiger partial charge in [-0.15, -0.1) is 0 Å². The summed E-state index contributed by atoms with van der Waals surface area (Å²) in [6.07, 6.45) is 5.65. The zero-order valence-corrected chi connectivity index (χ0v) is 5.75. The standard InChI is InChI=1S/C10H9/c1-2-3-7-10-8-5-4-6-9-10/h2-5,7-9H,1H2. The van der Waals surface area contributed by atoms with E-state index in [0.717, 1.165) is 5.56 Å². The summed E-state index contributed by atoms with van der Waals surface area (Å²) in [4.78, 5) is 0. The summed E-state index contributed by atoms with van der Waals surface area (Å²) < 4.78 is 0. The van der Waals surface area contributed by atoms with Crippen LogP contribution in [-0.2, 0) is 0 Å². The van der Waals surface area contributed by atoms with Gasteiger partial charge in [-0.05, 0) is 17.7 Å². The van der Waals surface area contributed by atoms with E-state index in [4.69, 9.17) is 0 Å². The van der Waals surface area contributed by atoms with Crippen LogP contribution in [0.25, 0.3) is 6.08 Å². The first-order chi connectivity index (χ1) is 4.93. The topological polar surface area (TPSA) is 0 Å². The fourth-order valence-electron chi connectivity index (χ4n) is 0.690. The Morgan fingerprint density at radius 2 is 2.40 bits per heavy atom. The lowest BCUT2D eigenvalue weighted by atomic mass is 10.2. The smallest absolute Gasteiger partial charge is 0.0178 e. The van der Waals surface area contributed by atoms with E-state index in [1.807, 2.05) is 36.4 Å². The molecule has 0 aromatic heterocycles. The van der Waals surface area contributed by atoms with Crippen molar-refractivity contribution in [3.8, 4) is 0 Å². The van der Waals surface area contributed by atoms with Gasteiger partial charge in [0, 0.05) is 0 Å². The molecule has 10 heavy (non-hydrogen) atoms. The van der Waals surface area contributed by atoms with E-state index in [1.54, 1.807) is 6.08 Å². The lowest BCUT2D eigenvalue weighted by Crippen LogP contribution is -1.66. The summed E-state index contributed by atoms with van der Waals surface area (Å²) in [5.41, 5.74) is 1.16. The third kappa shape index (κ3) is 1.90. The van der Waals surface area contributed by atoms with Gasteiger partial charge in [0.2, 0.25) is 0 Å². The van der Waals surface area contributed by atoms with Crippen LogP contribution >= 0.6 is 0 Å². The number of hydrogen-bond acceptors (Lipinski definition) is 0. The Morgan fingerprint density at radius 3 is 3.00 bits per heavy atom. The molecule has 49 valence electrons. The molecule has 0 aliphatic carbocycles. The van der Waals surface area contributed by atoms with E-state index in [9.17, 15) is 0 Å². The Kier molecular flexibility index (Phi) is 2.50. The highest BCUT2D eigenvalue weighted by Gasteiger charge is 1.78. The number of benzene rings is 1. The van der Waals surface area contributed by atoms with Crippen LogP contribution in [-0.4, -0.2) is 0 Å². The predicted octanol–water partition coefficient (Wildman–Crippen LogP) is 2.69. The van der Waals surface area contributed by atoms with Crippen molar-refractivity contribution < 1.29 is 0 Å². The third-order valence-electron chi connectivity index (χ3n) is 1.16. The minimum atomic E-state index is 1.16. The van der Waals surface area contributed by atoms with E-state index >= 15 is 0 Å². The molecular formula is C10H9. The lowest BCUT2D eigenvalue weighted by Gasteiger charge is -1.86. The zero-order valence-electron chi connectivity index (χ0n) is 5.75. The molecule has 0 saturated carbocycles. The molecule has 0 amide bonds. The minimum absolute atomic E-state index is 1.16. The maximum atomic E-state index is 3.58. The number of rotatable bonds is 2. The second-order valence-corrected chi connectivity index (χ2v) is 1.93. The minimum Gasteiger partial charge on any atom is -0.0991 e. The van der Waals surface area contributed by atoms with E-state index < -0.39 is 0 Å². The fraction of sp³-hybridized carbons (Fsp3) is 0. The van der Waals surface area contributed by atoms with Crippen molar-refractivity contribution >= 4 is 6.08 Å². The van der Waals surface area contributed by atoms with Crippen LogP contribution in [0.5, 0.6) is 0 Å². The Bertz CT molecular complexity index is 219. The lowest BCUT2D eigenvalue weighted by molar-refractivity contribution is 1.65. The zero-order chi connectivity index (χ0) is 7.23. The van der Waals surface area contributed by atoms with Gasteiger partial charge in [-0.3, -0.25) is 0 Å². The molecule has 0 heterocycles. The summed E-state index contributed by atoms with van der Waals surface area (Å²) in [5, 5.41) is 0. The van der Waals surface area contributed by atoms with Crippen LogP contribution < -0.4 is 0 Å². The van der Waals surface area contributed by atoms with Gasteiger partial charge in [-0.1, -0.05) is 43.0 Å². The van der Waals surface area contributed by atoms with Crippen LogP contribution in [0.2, 0.25) is 0 Å². The van der Waals surface area contributed by atoms with Crippen LogP contribution in [0.3, 0.4) is 0 Å². The molecule has 1 aromatic rings. The number of hydrogen-bond donors (Lipinski definition) is 0. The summed E-state index contributed by atoms with van der Waals surface area (Å²) >= 11 is 0. The Balaban J connectivity index is 2.76. The highest BCUT2D eigenvalue weighted by atomic mass is 13.8. The second kappa shape index (κ2) is 3.67. The van der Waals surface area contributed by atoms with Crippen molar-refractivity contribution in [2.24, 2.45) is 0 Å². The second-order valence-electron chi connectivity index (χ2n) is 1.93. The maximum absolute atomic E-state index is 3.58. The number of allylic oxidation sites excluding steroid dienone is 2. The van der Waals surface area contributed by atoms with Crippen LogP contribution in [0.1, 0.15) is 5.56 Å². The van der Waals surface area contributed by atoms with E-state index in [0.29, 0.717) is 0 Å². The molecule has 0 atom stereocenters. The highest BCUT2D eigenvalue weighted by molar-refractivity contribution is 5.50. The molecular weight excluding hydrogens is 120 g/mol. The van der Waals surface area contributed by atoms with Crippen molar-refractivity contribution in [1.29, 1.82) is 0 Å². The van der Waals surface area contributed by atoms with Gasteiger partial charge in [0.25, 0.3) is 0 Å². The molecule has 0 aliphatic heterocycles. The SMILES string of the molecule is C=CC=Cc1c[c]ccc1. The maximum Gasteiger partial charge on any atom is -0.0178 e. The third-order valence-corrected chi connectivity index (χ3v) is 1.16. The van der Waals surface area contributed by atoms with Crippen LogP contribution in [0.4, 0.5) is 0 Å². The van der Waals surface area contributed by atoms with E-state index in [1.165, 1.54) is 0 Å². The van der Waals surface area contributed by atoms with Crippen molar-refractivity contribution in [3.05, 3.63) is 54.6 Å². The highest BCUT2D eigenvalue weighted by Crippen LogP contribution is 1.99. The van der Waals surface area contributed by atoms with Gasteiger partial charge in [0.15, 0.2) is 0 Å². The van der Waals surface area contributed by atoms with Crippen molar-refractivity contribution in [2.75, 3.05) is 0 Å². The molecule has 0 N–H and O–H groups in total. The van der Waals surface area contributed by atoms with Crippen molar-refractivity contribution in [3.63, 3.8) is 0 Å². The van der Waals surface area contributed by atoms with Crippen LogP contribution in [0.15, 0.2) is 43.0 Å². The van der Waals surface area contributed by atoms with Crippen LogP contribution in [0, 0.1) is 6.07 Å². The predicted molar refractivity (Wildman–Crippen MR) is 44.5 cm³/mol. The molecule has 0 heteroatoms. The average Bonchev–Trinajstić information content (AvgIpc) is 2.03. The van der Waals surface area contributed by atoms with Gasteiger partial charge in [0.05, 0.1) is 0 Å². The first-order valence-corrected chi connectivity index (χ1v) is 3.18. The first kappa shape index (κ1) is 6.81. The van der Waals surface area contributed by atoms with E-state index in [2.05, 4.69) is 12.6 Å². The molecule has 0 unspecified atom stereocenters. The first-order valence-electron chi connectivity index (χ1n) is 3.18. The van der Waals surface area contributed by atoms with Gasteiger partial charge < -0.3 is 0 Å². The molecule has 1 rings (SSSR count). The summed E-state index contributed by atoms with van der Waals surface area (Å²) in [6, 6.07) is 10.8. The Hall–Kier alpha value is -1.30. The average molecular weight is 129 g/mol. The normalized spacial score (nSPS) is 10.0. The molecule has 1 radical (unpaired) electrons. The summed E-state index contributed by atoms with van der Waals surface area (Å²) in [6.45, 7) is 3.58. The van der Waals surface area contributed by atoms with Gasteiger partial charge in [-0.2, -0.15) is 0 Å². The summed E-state index contributed by atoms with van der Waals surface area (Å²) in [7, 11) is 0. The largest absolute Gasteiger partial charge is 0.0991 e. The van der Waals surface area contributed by atoms with Gasteiger partial charge in [0.1, 0.15) is 0 Å². The Labute approximate surface area is 61.5 Å². The molecule has 0 nitrogen and oxygen atoms in total. The molecule has 0 aliphatic rings. The summed E-state index contributed by atoms with van der Waals surface area (Å²) in [5.74, 6) is 0. The quantitative estimate of drug-likeness (QED) is 0.538. The van der Waals surface area contributed by atoms with E-state index in [-0.39, 0.29) is 0 Å². The van der Waals surface area contributed by atoms with Gasteiger partial charge in [-0.25, -0.2) is 0 Å². The monoisotopic (exact) mass is 129 g/mol. The molecule has 1 aromatic carbocycles. The van der Waals surface area contributed by atoms with Crippen molar-refractivity contribution in [1.82, 2.24) is 0 Å². The Morgan fingerprint density at radius 1 is 1.50 bits per heavy atom.